The Bertz CT molecular complexity index is 727. The smallest absolute Gasteiger partial charge is 0.326 e. The fraction of sp³-hybridized carbons (Fsp3) is 0.684. The molecule has 3 amide bonds. The molecule has 3 atom stereocenters. The number of nitrogens with one attached hydrogen (secondary N) is 3. The Kier molecular flexibility index (Phi) is 15.3. The predicted molar refractivity (Wildman–Crippen MR) is 122 cm³/mol. The lowest BCUT2D eigenvalue weighted by molar-refractivity contribution is -0.142. The van der Waals surface area contributed by atoms with Crippen LogP contribution in [0.5, 0.6) is 0 Å². The van der Waals surface area contributed by atoms with Crippen LogP contribution in [0.2, 0.25) is 0 Å². The van der Waals surface area contributed by atoms with E-state index in [0.717, 1.165) is 0 Å². The minimum Gasteiger partial charge on any atom is -0.481 e. The van der Waals surface area contributed by atoms with Crippen molar-refractivity contribution in [2.45, 2.75) is 63.1 Å². The molecule has 34 heavy (non-hydrogen) atoms. The summed E-state index contributed by atoms with van der Waals surface area (Å²) in [6.07, 6.45) is 0.817. The maximum atomic E-state index is 12.8. The van der Waals surface area contributed by atoms with Gasteiger partial charge in [0.1, 0.15) is 18.1 Å². The molecule has 0 fully saturated rings. The highest BCUT2D eigenvalue weighted by Crippen LogP contribution is 2.06. The number of carboxylic acids is 2. The van der Waals surface area contributed by atoms with Crippen molar-refractivity contribution in [3.8, 4) is 0 Å². The molecule has 0 radical (unpaired) electrons. The van der Waals surface area contributed by atoms with Crippen molar-refractivity contribution in [3.63, 3.8) is 0 Å². The van der Waals surface area contributed by atoms with Crippen molar-refractivity contribution in [3.05, 3.63) is 0 Å². The maximum Gasteiger partial charge on any atom is 0.326 e. The second kappa shape index (κ2) is 17.1. The van der Waals surface area contributed by atoms with Crippen LogP contribution in [0.1, 0.15) is 44.9 Å². The van der Waals surface area contributed by atoms with Crippen molar-refractivity contribution < 1.29 is 34.2 Å². The fourth-order valence-corrected chi connectivity index (χ4v) is 2.86. The van der Waals surface area contributed by atoms with Crippen LogP contribution in [0.3, 0.4) is 0 Å². The van der Waals surface area contributed by atoms with Gasteiger partial charge in [0.25, 0.3) is 0 Å². The number of aliphatic carboxylic acids is 2. The third-order valence-electron chi connectivity index (χ3n) is 4.62. The van der Waals surface area contributed by atoms with Gasteiger partial charge in [0.2, 0.25) is 17.7 Å². The van der Waals surface area contributed by atoms with E-state index < -0.39 is 60.8 Å². The Hall–Kier alpha value is -3.46. The van der Waals surface area contributed by atoms with E-state index >= 15 is 0 Å². The van der Waals surface area contributed by atoms with Crippen LogP contribution in [-0.2, 0) is 24.0 Å². The lowest BCUT2D eigenvalue weighted by Gasteiger charge is -2.24. The van der Waals surface area contributed by atoms with Crippen molar-refractivity contribution in [2.24, 2.45) is 27.9 Å². The van der Waals surface area contributed by atoms with Crippen molar-refractivity contribution in [1.82, 2.24) is 16.0 Å². The summed E-state index contributed by atoms with van der Waals surface area (Å²) in [5.41, 5.74) is 21.2. The molecule has 13 N–H and O–H groups in total. The Morgan fingerprint density at radius 2 is 1.32 bits per heavy atom. The second-order valence-electron chi connectivity index (χ2n) is 7.45. The topological polar surface area (TPSA) is 278 Å². The maximum absolute atomic E-state index is 12.8. The number of carbonyl (C=O) groups is 5. The molecule has 0 spiro atoms. The number of carbonyl (C=O) groups excluding carboxylic acids is 3. The number of carboxylic acid groups (broad SMARTS) is 2. The largest absolute Gasteiger partial charge is 0.481 e. The zero-order chi connectivity index (χ0) is 26.1. The van der Waals surface area contributed by atoms with Gasteiger partial charge < -0.3 is 49.1 Å². The number of hydrogen-bond acceptors (Lipinski definition) is 8. The van der Waals surface area contributed by atoms with Crippen LogP contribution >= 0.6 is 0 Å². The monoisotopic (exact) mass is 488 g/mol. The molecule has 0 bridgehead atoms. The number of rotatable bonds is 18. The lowest BCUT2D eigenvalue weighted by Crippen LogP contribution is -2.56. The van der Waals surface area contributed by atoms with E-state index in [-0.39, 0.29) is 38.2 Å². The van der Waals surface area contributed by atoms with E-state index in [0.29, 0.717) is 19.4 Å². The summed E-state index contributed by atoms with van der Waals surface area (Å²) in [4.78, 5) is 63.5. The summed E-state index contributed by atoms with van der Waals surface area (Å²) >= 11 is 0. The summed E-state index contributed by atoms with van der Waals surface area (Å²) in [6, 6.07) is -3.66. The van der Waals surface area contributed by atoms with E-state index in [9.17, 15) is 29.1 Å². The SMILES string of the molecule is NCCCCC(NC(=O)C(CCCN=C(N)N)NC(=O)C(CCC(=O)O)NC(=O)CN)C(=O)O. The van der Waals surface area contributed by atoms with Gasteiger partial charge in [-0.3, -0.25) is 24.2 Å². The highest BCUT2D eigenvalue weighted by molar-refractivity contribution is 5.93. The number of unbranched alkanes of at least 4 members (excludes halogenated alkanes) is 1. The fourth-order valence-electron chi connectivity index (χ4n) is 2.86. The number of amides is 3. The molecule has 0 saturated carbocycles. The van der Waals surface area contributed by atoms with Crippen molar-refractivity contribution >= 4 is 35.6 Å². The van der Waals surface area contributed by atoms with E-state index in [2.05, 4.69) is 20.9 Å². The first-order valence-corrected chi connectivity index (χ1v) is 10.8. The lowest BCUT2D eigenvalue weighted by atomic mass is 10.1. The summed E-state index contributed by atoms with van der Waals surface area (Å²) in [6.45, 7) is 0.0889. The van der Waals surface area contributed by atoms with E-state index in [1.165, 1.54) is 0 Å². The Labute approximate surface area is 197 Å². The number of hydrogen-bond donors (Lipinski definition) is 9. The van der Waals surface area contributed by atoms with Gasteiger partial charge in [0, 0.05) is 13.0 Å². The molecule has 15 heteroatoms. The summed E-state index contributed by atoms with van der Waals surface area (Å²) in [7, 11) is 0. The van der Waals surface area contributed by atoms with Crippen LogP contribution in [0.25, 0.3) is 0 Å². The Morgan fingerprint density at radius 1 is 0.765 bits per heavy atom. The first-order valence-electron chi connectivity index (χ1n) is 10.8. The minimum absolute atomic E-state index is 0.0416. The molecular formula is C19H36N8O7. The zero-order valence-electron chi connectivity index (χ0n) is 19.0. The molecule has 0 heterocycles. The third kappa shape index (κ3) is 13.8. The van der Waals surface area contributed by atoms with Crippen molar-refractivity contribution in [2.75, 3.05) is 19.6 Å². The summed E-state index contributed by atoms with van der Waals surface area (Å²) < 4.78 is 0. The average Bonchev–Trinajstić information content (AvgIpc) is 2.76. The van der Waals surface area contributed by atoms with E-state index in [1.54, 1.807) is 0 Å². The molecule has 194 valence electrons. The minimum atomic E-state index is -1.26. The Balaban J connectivity index is 5.47. The number of nitrogens with zero attached hydrogens (tertiary/aromatic N) is 1. The van der Waals surface area contributed by atoms with Crippen LogP contribution in [-0.4, -0.2) is 83.6 Å². The zero-order valence-corrected chi connectivity index (χ0v) is 19.0. The molecule has 0 rings (SSSR count). The first kappa shape index (κ1) is 30.5. The van der Waals surface area contributed by atoms with Gasteiger partial charge in [-0.15, -0.1) is 0 Å². The molecule has 0 aromatic heterocycles. The summed E-state index contributed by atoms with van der Waals surface area (Å²) in [5.74, 6) is -4.86. The molecule has 0 aliphatic heterocycles. The summed E-state index contributed by atoms with van der Waals surface area (Å²) in [5, 5.41) is 25.5. The average molecular weight is 489 g/mol. The van der Waals surface area contributed by atoms with E-state index in [1.807, 2.05) is 0 Å². The van der Waals surface area contributed by atoms with Gasteiger partial charge in [-0.1, -0.05) is 0 Å². The van der Waals surface area contributed by atoms with Crippen LogP contribution in [0, 0.1) is 0 Å². The standard InChI is InChI=1S/C19H36N8O7/c20-8-2-1-4-13(18(33)34)27-16(31)11(5-3-9-24-19(22)23)26-17(32)12(6-7-15(29)30)25-14(28)10-21/h11-13H,1-10,20-21H2,(H,25,28)(H,26,32)(H,27,31)(H,29,30)(H,33,34)(H4,22,23,24). The number of guanidine groups is 1. The van der Waals surface area contributed by atoms with Gasteiger partial charge in [0.05, 0.1) is 6.54 Å². The molecule has 3 unspecified atom stereocenters. The molecule has 0 aromatic carbocycles. The van der Waals surface area contributed by atoms with Gasteiger partial charge in [-0.25, -0.2) is 4.79 Å². The number of aliphatic imine (C=N–C) groups is 1. The van der Waals surface area contributed by atoms with Gasteiger partial charge in [-0.2, -0.15) is 0 Å². The molecule has 0 aliphatic carbocycles. The van der Waals surface area contributed by atoms with Gasteiger partial charge in [0.15, 0.2) is 5.96 Å². The van der Waals surface area contributed by atoms with Crippen LogP contribution in [0.15, 0.2) is 4.99 Å². The first-order chi connectivity index (χ1) is 16.0. The quantitative estimate of drug-likeness (QED) is 0.0519. The molecular weight excluding hydrogens is 452 g/mol. The highest BCUT2D eigenvalue weighted by Gasteiger charge is 2.29. The molecule has 0 saturated heterocycles. The van der Waals surface area contributed by atoms with Crippen LogP contribution < -0.4 is 38.9 Å². The molecule has 0 aliphatic rings. The normalized spacial score (nSPS) is 13.1. The molecule has 15 nitrogen and oxygen atoms in total. The van der Waals surface area contributed by atoms with Gasteiger partial charge >= 0.3 is 11.9 Å². The second-order valence-corrected chi connectivity index (χ2v) is 7.45. The van der Waals surface area contributed by atoms with Crippen LogP contribution in [0.4, 0.5) is 0 Å². The van der Waals surface area contributed by atoms with Crippen molar-refractivity contribution in [1.29, 1.82) is 0 Å². The highest BCUT2D eigenvalue weighted by atomic mass is 16.4. The van der Waals surface area contributed by atoms with Gasteiger partial charge in [-0.05, 0) is 45.1 Å². The molecule has 0 aromatic rings. The third-order valence-corrected chi connectivity index (χ3v) is 4.62. The number of nitrogens with two attached hydrogens (primary N) is 4. The Morgan fingerprint density at radius 3 is 1.82 bits per heavy atom. The predicted octanol–water partition coefficient (Wildman–Crippen LogP) is -3.47. The van der Waals surface area contributed by atoms with E-state index in [4.69, 9.17) is 28.0 Å².